The highest BCUT2D eigenvalue weighted by atomic mass is 16.5. The number of carbonyl (C=O) groups is 2. The predicted molar refractivity (Wildman–Crippen MR) is 95.8 cm³/mol. The van der Waals surface area contributed by atoms with Gasteiger partial charge in [-0.15, -0.1) is 0 Å². The molecule has 0 aromatic heterocycles. The molecule has 0 radical (unpaired) electrons. The Morgan fingerprint density at radius 1 is 0.800 bits per heavy atom. The summed E-state index contributed by atoms with van der Waals surface area (Å²) >= 11 is 0. The van der Waals surface area contributed by atoms with Crippen LogP contribution in [0.5, 0.6) is 0 Å². The Balaban J connectivity index is 1.73. The van der Waals surface area contributed by atoms with Crippen molar-refractivity contribution in [3.8, 4) is 0 Å². The summed E-state index contributed by atoms with van der Waals surface area (Å²) in [4.78, 5) is 24.4. The molecule has 1 N–H and O–H groups in total. The molecule has 4 nitrogen and oxygen atoms in total. The number of allylic oxidation sites excluding steroid dienone is 6. The lowest BCUT2D eigenvalue weighted by molar-refractivity contribution is -0.167. The number of hydrogen-bond donors (Lipinski definition) is 1. The van der Waals surface area contributed by atoms with Gasteiger partial charge < -0.3 is 9.84 Å². The van der Waals surface area contributed by atoms with Gasteiger partial charge in [-0.1, -0.05) is 36.5 Å². The van der Waals surface area contributed by atoms with Gasteiger partial charge in [0.2, 0.25) is 0 Å². The molecule has 0 amide bonds. The SMILES string of the molecule is O=C(O)C1CC=CCC1C(=O)OC(C1CC=CCC1)C1CC=CCC1. The number of hydrogen-bond acceptors (Lipinski definition) is 3. The maximum atomic E-state index is 12.9. The first-order valence-corrected chi connectivity index (χ1v) is 9.55. The minimum Gasteiger partial charge on any atom is -0.481 e. The van der Waals surface area contributed by atoms with Crippen LogP contribution in [0, 0.1) is 23.7 Å². The van der Waals surface area contributed by atoms with E-state index in [9.17, 15) is 14.7 Å². The van der Waals surface area contributed by atoms with E-state index >= 15 is 0 Å². The standard InChI is InChI=1S/C21H28O4/c22-20(23)17-13-7-8-14-18(17)21(24)25-19(15-9-3-1-4-10-15)16-11-5-2-6-12-16/h1-3,5,7-8,15-19H,4,6,9-14H2,(H,22,23). The van der Waals surface area contributed by atoms with Crippen LogP contribution in [-0.2, 0) is 14.3 Å². The summed E-state index contributed by atoms with van der Waals surface area (Å²) in [7, 11) is 0. The second-order valence-electron chi connectivity index (χ2n) is 7.48. The van der Waals surface area contributed by atoms with Crippen molar-refractivity contribution in [3.05, 3.63) is 36.5 Å². The minimum atomic E-state index is -0.899. The average Bonchev–Trinajstić information content (AvgIpc) is 2.67. The Morgan fingerprint density at radius 3 is 1.80 bits per heavy atom. The van der Waals surface area contributed by atoms with Crippen LogP contribution < -0.4 is 0 Å². The van der Waals surface area contributed by atoms with Gasteiger partial charge >= 0.3 is 11.9 Å². The molecule has 0 heterocycles. The second kappa shape index (κ2) is 8.50. The molecule has 0 saturated heterocycles. The number of ether oxygens (including phenoxy) is 1. The topological polar surface area (TPSA) is 63.6 Å². The monoisotopic (exact) mass is 344 g/mol. The molecule has 4 heteroatoms. The third-order valence-corrected chi connectivity index (χ3v) is 5.85. The van der Waals surface area contributed by atoms with Crippen LogP contribution in [0.25, 0.3) is 0 Å². The molecule has 0 aliphatic heterocycles. The van der Waals surface area contributed by atoms with Gasteiger partial charge in [0.1, 0.15) is 6.10 Å². The first-order chi connectivity index (χ1) is 12.2. The first-order valence-electron chi connectivity index (χ1n) is 9.55. The Labute approximate surface area is 149 Å². The summed E-state index contributed by atoms with van der Waals surface area (Å²) in [5.74, 6) is -1.71. The summed E-state index contributed by atoms with van der Waals surface area (Å²) in [6.07, 6.45) is 19.4. The number of carbonyl (C=O) groups excluding carboxylic acids is 1. The van der Waals surface area contributed by atoms with Crippen molar-refractivity contribution in [1.29, 1.82) is 0 Å². The first kappa shape index (κ1) is 18.0. The molecule has 3 rings (SSSR count). The van der Waals surface area contributed by atoms with Gasteiger partial charge in [0.15, 0.2) is 0 Å². The summed E-state index contributed by atoms with van der Waals surface area (Å²) < 4.78 is 6.05. The Kier molecular flexibility index (Phi) is 6.11. The molecular weight excluding hydrogens is 316 g/mol. The fourth-order valence-electron chi connectivity index (χ4n) is 4.38. The molecule has 3 aliphatic rings. The molecule has 0 aromatic carbocycles. The average molecular weight is 344 g/mol. The zero-order valence-corrected chi connectivity index (χ0v) is 14.7. The van der Waals surface area contributed by atoms with Crippen molar-refractivity contribution in [3.63, 3.8) is 0 Å². The quantitative estimate of drug-likeness (QED) is 0.597. The lowest BCUT2D eigenvalue weighted by atomic mass is 9.78. The van der Waals surface area contributed by atoms with Crippen molar-refractivity contribution in [2.75, 3.05) is 0 Å². The van der Waals surface area contributed by atoms with Crippen molar-refractivity contribution in [2.24, 2.45) is 23.7 Å². The molecule has 136 valence electrons. The maximum absolute atomic E-state index is 12.9. The van der Waals surface area contributed by atoms with Crippen LogP contribution in [0.3, 0.4) is 0 Å². The lowest BCUT2D eigenvalue weighted by Gasteiger charge is -2.36. The van der Waals surface area contributed by atoms with Crippen molar-refractivity contribution < 1.29 is 19.4 Å². The molecule has 0 spiro atoms. The maximum Gasteiger partial charge on any atom is 0.310 e. The highest BCUT2D eigenvalue weighted by Gasteiger charge is 2.39. The van der Waals surface area contributed by atoms with Gasteiger partial charge in [0.05, 0.1) is 11.8 Å². The van der Waals surface area contributed by atoms with Crippen molar-refractivity contribution in [2.45, 2.75) is 57.5 Å². The van der Waals surface area contributed by atoms with E-state index in [0.717, 1.165) is 38.5 Å². The molecule has 3 aliphatic carbocycles. The Morgan fingerprint density at radius 2 is 1.32 bits per heavy atom. The van der Waals surface area contributed by atoms with Crippen LogP contribution in [0.2, 0.25) is 0 Å². The van der Waals surface area contributed by atoms with E-state index in [4.69, 9.17) is 4.74 Å². The van der Waals surface area contributed by atoms with Crippen LogP contribution in [0.15, 0.2) is 36.5 Å². The fourth-order valence-corrected chi connectivity index (χ4v) is 4.38. The summed E-state index contributed by atoms with van der Waals surface area (Å²) in [5, 5.41) is 9.43. The molecule has 4 unspecified atom stereocenters. The molecular formula is C21H28O4. The van der Waals surface area contributed by atoms with Crippen LogP contribution in [0.1, 0.15) is 51.4 Å². The third-order valence-electron chi connectivity index (χ3n) is 5.85. The molecule has 0 fully saturated rings. The summed E-state index contributed by atoms with van der Waals surface area (Å²) in [6.45, 7) is 0. The van der Waals surface area contributed by atoms with Crippen LogP contribution >= 0.6 is 0 Å². The third kappa shape index (κ3) is 4.42. The van der Waals surface area contributed by atoms with E-state index in [2.05, 4.69) is 24.3 Å². The van der Waals surface area contributed by atoms with Gasteiger partial charge in [-0.3, -0.25) is 9.59 Å². The van der Waals surface area contributed by atoms with E-state index in [1.807, 2.05) is 12.2 Å². The number of rotatable bonds is 5. The highest BCUT2D eigenvalue weighted by molar-refractivity contribution is 5.81. The van der Waals surface area contributed by atoms with E-state index < -0.39 is 17.8 Å². The Bertz CT molecular complexity index is 550. The summed E-state index contributed by atoms with van der Waals surface area (Å²) in [6, 6.07) is 0. The Hall–Kier alpha value is -1.84. The molecule has 4 atom stereocenters. The number of carboxylic acids is 1. The normalized spacial score (nSPS) is 33.0. The number of esters is 1. The second-order valence-corrected chi connectivity index (χ2v) is 7.48. The van der Waals surface area contributed by atoms with E-state index in [1.54, 1.807) is 0 Å². The van der Waals surface area contributed by atoms with E-state index in [0.29, 0.717) is 24.7 Å². The zero-order chi connectivity index (χ0) is 17.6. The van der Waals surface area contributed by atoms with Gasteiger partial charge in [-0.25, -0.2) is 0 Å². The lowest BCUT2D eigenvalue weighted by Crippen LogP contribution is -2.40. The van der Waals surface area contributed by atoms with Crippen LogP contribution in [0.4, 0.5) is 0 Å². The molecule has 0 aromatic rings. The summed E-state index contributed by atoms with van der Waals surface area (Å²) in [5.41, 5.74) is 0. The fraction of sp³-hybridized carbons (Fsp3) is 0.619. The van der Waals surface area contributed by atoms with Gasteiger partial charge in [0.25, 0.3) is 0 Å². The largest absolute Gasteiger partial charge is 0.481 e. The smallest absolute Gasteiger partial charge is 0.310 e. The van der Waals surface area contributed by atoms with Crippen LogP contribution in [-0.4, -0.2) is 23.1 Å². The van der Waals surface area contributed by atoms with Gasteiger partial charge in [-0.05, 0) is 63.2 Å². The van der Waals surface area contributed by atoms with E-state index in [1.165, 1.54) is 0 Å². The number of carboxylic acid groups (broad SMARTS) is 1. The van der Waals surface area contributed by atoms with Gasteiger partial charge in [0, 0.05) is 0 Å². The predicted octanol–water partition coefficient (Wildman–Crippen LogP) is 4.28. The van der Waals surface area contributed by atoms with Gasteiger partial charge in [-0.2, -0.15) is 0 Å². The molecule has 25 heavy (non-hydrogen) atoms. The zero-order valence-electron chi connectivity index (χ0n) is 14.7. The van der Waals surface area contributed by atoms with E-state index in [-0.39, 0.29) is 12.1 Å². The minimum absolute atomic E-state index is 0.0947. The number of aliphatic carboxylic acids is 1. The highest BCUT2D eigenvalue weighted by Crippen LogP contribution is 2.36. The van der Waals surface area contributed by atoms with Crippen molar-refractivity contribution >= 4 is 11.9 Å². The van der Waals surface area contributed by atoms with Crippen molar-refractivity contribution in [1.82, 2.24) is 0 Å². The molecule has 0 bridgehead atoms. The molecule has 0 saturated carbocycles.